The number of benzene rings is 3. The van der Waals surface area contributed by atoms with Gasteiger partial charge in [-0.3, -0.25) is 0 Å². The van der Waals surface area contributed by atoms with E-state index in [0.29, 0.717) is 0 Å². The molecule has 0 radical (unpaired) electrons. The lowest BCUT2D eigenvalue weighted by atomic mass is 9.56. The van der Waals surface area contributed by atoms with Crippen molar-refractivity contribution in [2.24, 2.45) is 5.41 Å². The van der Waals surface area contributed by atoms with Crippen LogP contribution in [0, 0.1) is 5.41 Å². The zero-order valence-electron chi connectivity index (χ0n) is 15.7. The predicted octanol–water partition coefficient (Wildman–Crippen LogP) is 4.81. The number of nitrogens with two attached hydrogens (primary N) is 3. The molecule has 3 aromatic rings. The maximum absolute atomic E-state index is 5.96. The SMILES string of the molecule is CC(C)(C)C(c1ccc(N)cc1)(c1ccc(N)cc1)c1ccc(N)cc1. The average molecular weight is 345 g/mol. The van der Waals surface area contributed by atoms with Crippen molar-refractivity contribution in [3.05, 3.63) is 89.5 Å². The highest BCUT2D eigenvalue weighted by Crippen LogP contribution is 2.52. The van der Waals surface area contributed by atoms with Crippen molar-refractivity contribution in [2.75, 3.05) is 17.2 Å². The van der Waals surface area contributed by atoms with Crippen LogP contribution in [0.25, 0.3) is 0 Å². The average Bonchev–Trinajstić information content (AvgIpc) is 2.59. The van der Waals surface area contributed by atoms with Gasteiger partial charge in [-0.25, -0.2) is 0 Å². The van der Waals surface area contributed by atoms with E-state index in [9.17, 15) is 0 Å². The molecule has 6 N–H and O–H groups in total. The molecular weight excluding hydrogens is 318 g/mol. The number of anilines is 3. The maximum atomic E-state index is 5.96. The minimum Gasteiger partial charge on any atom is -0.399 e. The van der Waals surface area contributed by atoms with Crippen LogP contribution in [0.1, 0.15) is 37.5 Å². The van der Waals surface area contributed by atoms with Gasteiger partial charge in [-0.05, 0) is 58.5 Å². The predicted molar refractivity (Wildman–Crippen MR) is 112 cm³/mol. The highest BCUT2D eigenvalue weighted by atomic mass is 14.6. The fourth-order valence-electron chi connectivity index (χ4n) is 4.00. The molecule has 0 fully saturated rings. The summed E-state index contributed by atoms with van der Waals surface area (Å²) in [6, 6.07) is 24.5. The van der Waals surface area contributed by atoms with Crippen LogP contribution >= 0.6 is 0 Å². The number of rotatable bonds is 3. The quantitative estimate of drug-likeness (QED) is 0.471. The molecule has 3 heteroatoms. The third kappa shape index (κ3) is 2.90. The van der Waals surface area contributed by atoms with E-state index < -0.39 is 0 Å². The van der Waals surface area contributed by atoms with Gasteiger partial charge in [0.2, 0.25) is 0 Å². The van der Waals surface area contributed by atoms with Gasteiger partial charge in [-0.15, -0.1) is 0 Å². The molecule has 3 nitrogen and oxygen atoms in total. The Morgan fingerprint density at radius 2 is 0.692 bits per heavy atom. The molecule has 134 valence electrons. The molecule has 26 heavy (non-hydrogen) atoms. The third-order valence-electron chi connectivity index (χ3n) is 5.16. The van der Waals surface area contributed by atoms with Gasteiger partial charge in [0.1, 0.15) is 0 Å². The van der Waals surface area contributed by atoms with Crippen molar-refractivity contribution in [1.29, 1.82) is 0 Å². The van der Waals surface area contributed by atoms with Crippen LogP contribution < -0.4 is 17.2 Å². The fraction of sp³-hybridized carbons (Fsp3) is 0.217. The lowest BCUT2D eigenvalue weighted by molar-refractivity contribution is 0.272. The van der Waals surface area contributed by atoms with Crippen molar-refractivity contribution < 1.29 is 0 Å². The highest BCUT2D eigenvalue weighted by molar-refractivity contribution is 5.58. The molecule has 0 aliphatic carbocycles. The molecule has 3 aromatic carbocycles. The van der Waals surface area contributed by atoms with Gasteiger partial charge >= 0.3 is 0 Å². The molecule has 0 spiro atoms. The smallest absolute Gasteiger partial charge is 0.0499 e. The van der Waals surface area contributed by atoms with E-state index in [-0.39, 0.29) is 10.8 Å². The van der Waals surface area contributed by atoms with Gasteiger partial charge in [0.25, 0.3) is 0 Å². The minimum absolute atomic E-state index is 0.116. The summed E-state index contributed by atoms with van der Waals surface area (Å²) in [5.74, 6) is 0. The van der Waals surface area contributed by atoms with Gasteiger partial charge in [0.15, 0.2) is 0 Å². The van der Waals surface area contributed by atoms with Crippen molar-refractivity contribution in [3.63, 3.8) is 0 Å². The van der Waals surface area contributed by atoms with E-state index in [1.807, 2.05) is 36.4 Å². The number of hydrogen-bond acceptors (Lipinski definition) is 3. The molecule has 0 aliphatic heterocycles. The largest absolute Gasteiger partial charge is 0.399 e. The zero-order chi connectivity index (χ0) is 18.9. The summed E-state index contributed by atoms with van der Waals surface area (Å²) in [5, 5.41) is 0. The Labute approximate surface area is 155 Å². The van der Waals surface area contributed by atoms with Gasteiger partial charge in [0.05, 0.1) is 0 Å². The van der Waals surface area contributed by atoms with Crippen LogP contribution in [0.5, 0.6) is 0 Å². The van der Waals surface area contributed by atoms with Crippen molar-refractivity contribution in [2.45, 2.75) is 26.2 Å². The molecule has 0 aromatic heterocycles. The van der Waals surface area contributed by atoms with E-state index in [1.165, 1.54) is 16.7 Å². The molecule has 0 atom stereocenters. The second-order valence-electron chi connectivity index (χ2n) is 7.87. The molecule has 0 amide bonds. The summed E-state index contributed by atoms with van der Waals surface area (Å²) in [6.07, 6.45) is 0. The molecular formula is C23H27N3. The first kappa shape index (κ1) is 17.9. The summed E-state index contributed by atoms with van der Waals surface area (Å²) < 4.78 is 0. The standard InChI is InChI=1S/C23H27N3/c1-22(2,3)23(16-4-10-19(24)11-5-16,17-6-12-20(25)13-7-17)18-8-14-21(26)15-9-18/h4-15H,24-26H2,1-3H3. The molecule has 3 rings (SSSR count). The molecule has 0 saturated heterocycles. The van der Waals surface area contributed by atoms with Gasteiger partial charge in [-0.1, -0.05) is 57.2 Å². The lowest BCUT2D eigenvalue weighted by Crippen LogP contribution is -2.42. The van der Waals surface area contributed by atoms with E-state index in [1.54, 1.807) is 0 Å². The van der Waals surface area contributed by atoms with Crippen LogP contribution in [-0.4, -0.2) is 0 Å². The van der Waals surface area contributed by atoms with Gasteiger partial charge in [-0.2, -0.15) is 0 Å². The molecule has 0 saturated carbocycles. The first-order chi connectivity index (χ1) is 12.2. The van der Waals surface area contributed by atoms with E-state index in [4.69, 9.17) is 17.2 Å². The van der Waals surface area contributed by atoms with Crippen molar-refractivity contribution in [1.82, 2.24) is 0 Å². The summed E-state index contributed by atoms with van der Waals surface area (Å²) in [5.41, 5.74) is 23.2. The van der Waals surface area contributed by atoms with Crippen LogP contribution in [0.3, 0.4) is 0 Å². The van der Waals surface area contributed by atoms with Crippen molar-refractivity contribution in [3.8, 4) is 0 Å². The van der Waals surface area contributed by atoms with Crippen LogP contribution in [0.15, 0.2) is 72.8 Å². The Bertz CT molecular complexity index is 760. The number of hydrogen-bond donors (Lipinski definition) is 3. The topological polar surface area (TPSA) is 78.1 Å². The second-order valence-corrected chi connectivity index (χ2v) is 7.87. The summed E-state index contributed by atoms with van der Waals surface area (Å²) in [4.78, 5) is 0. The lowest BCUT2D eigenvalue weighted by Gasteiger charge is -2.47. The Morgan fingerprint density at radius 3 is 0.885 bits per heavy atom. The second kappa shape index (κ2) is 6.41. The fourth-order valence-corrected chi connectivity index (χ4v) is 4.00. The Morgan fingerprint density at radius 1 is 0.462 bits per heavy atom. The first-order valence-corrected chi connectivity index (χ1v) is 8.83. The van der Waals surface area contributed by atoms with E-state index in [0.717, 1.165) is 17.1 Å². The molecule has 0 bridgehead atoms. The van der Waals surface area contributed by atoms with Gasteiger partial charge < -0.3 is 17.2 Å². The minimum atomic E-state index is -0.373. The van der Waals surface area contributed by atoms with E-state index >= 15 is 0 Å². The molecule has 0 heterocycles. The maximum Gasteiger partial charge on any atom is 0.0499 e. The summed E-state index contributed by atoms with van der Waals surface area (Å²) in [7, 11) is 0. The molecule has 0 unspecified atom stereocenters. The van der Waals surface area contributed by atoms with E-state index in [2.05, 4.69) is 57.2 Å². The summed E-state index contributed by atoms with van der Waals surface area (Å²) in [6.45, 7) is 6.78. The zero-order valence-corrected chi connectivity index (χ0v) is 15.7. The van der Waals surface area contributed by atoms with Crippen molar-refractivity contribution >= 4 is 17.1 Å². The van der Waals surface area contributed by atoms with Gasteiger partial charge in [0, 0.05) is 22.5 Å². The monoisotopic (exact) mass is 345 g/mol. The Kier molecular flexibility index (Phi) is 4.41. The summed E-state index contributed by atoms with van der Waals surface area (Å²) >= 11 is 0. The van der Waals surface area contributed by atoms with Crippen LogP contribution in [0.2, 0.25) is 0 Å². The van der Waals surface area contributed by atoms with Crippen LogP contribution in [0.4, 0.5) is 17.1 Å². The highest BCUT2D eigenvalue weighted by Gasteiger charge is 2.46. The Balaban J connectivity index is 2.40. The molecule has 0 aliphatic rings. The normalized spacial score (nSPS) is 12.1. The third-order valence-corrected chi connectivity index (χ3v) is 5.16. The van der Waals surface area contributed by atoms with Crippen LogP contribution in [-0.2, 0) is 5.41 Å². The Hall–Kier alpha value is -2.94. The number of nitrogen functional groups attached to an aromatic ring is 3. The first-order valence-electron chi connectivity index (χ1n) is 8.83.